The van der Waals surface area contributed by atoms with Crippen LogP contribution in [0.25, 0.3) is 11.0 Å². The van der Waals surface area contributed by atoms with Gasteiger partial charge in [0.2, 0.25) is 21.6 Å². The van der Waals surface area contributed by atoms with Crippen molar-refractivity contribution in [1.82, 2.24) is 19.3 Å². The summed E-state index contributed by atoms with van der Waals surface area (Å²) in [4.78, 5) is 41.1. The van der Waals surface area contributed by atoms with Crippen LogP contribution in [0.5, 0.6) is 0 Å². The summed E-state index contributed by atoms with van der Waals surface area (Å²) < 4.78 is 24.9. The molecule has 10 heteroatoms. The van der Waals surface area contributed by atoms with Gasteiger partial charge in [-0.25, -0.2) is 23.4 Å². The predicted octanol–water partition coefficient (Wildman–Crippen LogP) is 1.19. The third-order valence-electron chi connectivity index (χ3n) is 5.64. The summed E-state index contributed by atoms with van der Waals surface area (Å²) in [6.07, 6.45) is 1.21. The molecule has 2 aliphatic rings. The first-order chi connectivity index (χ1) is 14.7. The molecule has 2 aromatic heterocycles. The van der Waals surface area contributed by atoms with Gasteiger partial charge in [-0.05, 0) is 37.3 Å². The summed E-state index contributed by atoms with van der Waals surface area (Å²) in [5.74, 6) is -0.762. The van der Waals surface area contributed by atoms with E-state index in [-0.39, 0.29) is 28.4 Å². The van der Waals surface area contributed by atoms with E-state index in [0.29, 0.717) is 42.9 Å². The highest BCUT2D eigenvalue weighted by Gasteiger charge is 2.34. The first kappa shape index (κ1) is 19.7. The first-order valence-electron chi connectivity index (χ1n) is 9.81. The molecule has 1 fully saturated rings. The maximum absolute atomic E-state index is 13.0. The van der Waals surface area contributed by atoms with Crippen LogP contribution in [0.15, 0.2) is 30.3 Å². The van der Waals surface area contributed by atoms with E-state index < -0.39 is 15.8 Å². The van der Waals surface area contributed by atoms with Crippen LogP contribution in [0.2, 0.25) is 0 Å². The Labute approximate surface area is 178 Å². The summed E-state index contributed by atoms with van der Waals surface area (Å²) in [6.45, 7) is 3.66. The SMILES string of the molecule is Cc1ccc2c(n1)C(=O)c1nc3cc(N4CCN(S(C)(=O)=O)CC4)ccc3nc1C2=O. The van der Waals surface area contributed by atoms with Crippen molar-refractivity contribution in [3.05, 3.63) is 58.7 Å². The Bertz CT molecular complexity index is 1380. The van der Waals surface area contributed by atoms with Gasteiger partial charge in [-0.1, -0.05) is 0 Å². The molecule has 1 aliphatic heterocycles. The summed E-state index contributed by atoms with van der Waals surface area (Å²) in [5.41, 5.74) is 2.94. The van der Waals surface area contributed by atoms with E-state index in [1.54, 1.807) is 25.1 Å². The summed E-state index contributed by atoms with van der Waals surface area (Å²) in [7, 11) is -3.21. The molecule has 0 saturated carbocycles. The maximum atomic E-state index is 13.0. The lowest BCUT2D eigenvalue weighted by atomic mass is 9.93. The van der Waals surface area contributed by atoms with E-state index in [9.17, 15) is 18.0 Å². The molecule has 5 rings (SSSR count). The van der Waals surface area contributed by atoms with E-state index >= 15 is 0 Å². The fourth-order valence-electron chi connectivity index (χ4n) is 3.99. The highest BCUT2D eigenvalue weighted by Crippen LogP contribution is 2.28. The number of piperazine rings is 1. The standard InChI is InChI=1S/C21H19N5O4S/c1-12-3-5-14-17(22-12)21(28)19-18(20(14)27)23-15-6-4-13(11-16(15)24-19)25-7-9-26(10-8-25)31(2,29)30/h3-6,11H,7-10H2,1-2H3. The number of rotatable bonds is 2. The molecule has 0 bridgehead atoms. The van der Waals surface area contributed by atoms with Crippen molar-refractivity contribution in [2.24, 2.45) is 0 Å². The van der Waals surface area contributed by atoms with Crippen LogP contribution < -0.4 is 4.90 Å². The Kier molecular flexibility index (Phi) is 4.38. The molecule has 0 spiro atoms. The minimum absolute atomic E-state index is 0.0159. The zero-order valence-electron chi connectivity index (χ0n) is 17.0. The van der Waals surface area contributed by atoms with Gasteiger partial charge in [0.1, 0.15) is 17.1 Å². The molecule has 1 aromatic carbocycles. The molecule has 3 aromatic rings. The second-order valence-corrected chi connectivity index (χ2v) is 9.73. The van der Waals surface area contributed by atoms with Crippen LogP contribution in [0, 0.1) is 6.92 Å². The van der Waals surface area contributed by atoms with Gasteiger partial charge in [-0.3, -0.25) is 9.59 Å². The molecule has 0 atom stereocenters. The Hall–Kier alpha value is -3.24. The third-order valence-corrected chi connectivity index (χ3v) is 6.95. The topological polar surface area (TPSA) is 113 Å². The van der Waals surface area contributed by atoms with E-state index in [4.69, 9.17) is 0 Å². The Morgan fingerprint density at radius 3 is 2.19 bits per heavy atom. The number of anilines is 1. The van der Waals surface area contributed by atoms with Crippen LogP contribution >= 0.6 is 0 Å². The fraction of sp³-hybridized carbons (Fsp3) is 0.286. The predicted molar refractivity (Wildman–Crippen MR) is 114 cm³/mol. The zero-order valence-corrected chi connectivity index (χ0v) is 17.8. The van der Waals surface area contributed by atoms with Crippen LogP contribution in [-0.4, -0.2) is 71.7 Å². The van der Waals surface area contributed by atoms with Crippen molar-refractivity contribution in [2.45, 2.75) is 6.92 Å². The lowest BCUT2D eigenvalue weighted by Gasteiger charge is -2.34. The van der Waals surface area contributed by atoms with Crippen LogP contribution in [0.1, 0.15) is 37.9 Å². The number of pyridine rings is 1. The molecule has 3 heterocycles. The number of carbonyl (C=O) groups is 2. The Balaban J connectivity index is 1.52. The van der Waals surface area contributed by atoms with Crippen molar-refractivity contribution in [2.75, 3.05) is 37.3 Å². The van der Waals surface area contributed by atoms with Gasteiger partial charge in [0, 0.05) is 37.6 Å². The quantitative estimate of drug-likeness (QED) is 0.460. The number of hydrogen-bond acceptors (Lipinski definition) is 8. The molecular formula is C21H19N5O4S. The number of hydrogen-bond donors (Lipinski definition) is 0. The number of aryl methyl sites for hydroxylation is 1. The minimum atomic E-state index is -3.21. The summed E-state index contributed by atoms with van der Waals surface area (Å²) in [6, 6.07) is 8.75. The van der Waals surface area contributed by atoms with E-state index in [1.165, 1.54) is 10.6 Å². The highest BCUT2D eigenvalue weighted by molar-refractivity contribution is 7.88. The molecule has 0 unspecified atom stereocenters. The smallest absolute Gasteiger partial charge is 0.232 e. The summed E-state index contributed by atoms with van der Waals surface area (Å²) >= 11 is 0. The third kappa shape index (κ3) is 3.28. The lowest BCUT2D eigenvalue weighted by Crippen LogP contribution is -2.48. The van der Waals surface area contributed by atoms with Gasteiger partial charge in [-0.2, -0.15) is 4.31 Å². The normalized spacial score (nSPS) is 17.0. The molecular weight excluding hydrogens is 418 g/mol. The molecule has 0 radical (unpaired) electrons. The van der Waals surface area contributed by atoms with Gasteiger partial charge in [-0.15, -0.1) is 0 Å². The van der Waals surface area contributed by atoms with Crippen LogP contribution in [0.4, 0.5) is 5.69 Å². The van der Waals surface area contributed by atoms with Crippen molar-refractivity contribution in [3.8, 4) is 0 Å². The van der Waals surface area contributed by atoms with Gasteiger partial charge >= 0.3 is 0 Å². The fourth-order valence-corrected chi connectivity index (χ4v) is 4.81. The number of ketones is 2. The highest BCUT2D eigenvalue weighted by atomic mass is 32.2. The van der Waals surface area contributed by atoms with Gasteiger partial charge in [0.25, 0.3) is 0 Å². The number of nitrogens with zero attached hydrogens (tertiary/aromatic N) is 5. The molecule has 0 N–H and O–H groups in total. The van der Waals surface area contributed by atoms with Crippen molar-refractivity contribution < 1.29 is 18.0 Å². The zero-order chi connectivity index (χ0) is 21.9. The molecule has 1 aliphatic carbocycles. The molecule has 31 heavy (non-hydrogen) atoms. The summed E-state index contributed by atoms with van der Waals surface area (Å²) in [5, 5.41) is 0. The molecule has 1 saturated heterocycles. The number of fused-ring (bicyclic) bond motifs is 3. The van der Waals surface area contributed by atoms with E-state index in [1.807, 2.05) is 12.1 Å². The number of aromatic nitrogens is 3. The largest absolute Gasteiger partial charge is 0.369 e. The first-order valence-corrected chi connectivity index (χ1v) is 11.7. The number of sulfonamides is 1. The van der Waals surface area contributed by atoms with Crippen LogP contribution in [0.3, 0.4) is 0 Å². The van der Waals surface area contributed by atoms with Gasteiger partial charge in [0.05, 0.1) is 22.9 Å². The second kappa shape index (κ2) is 6.89. The minimum Gasteiger partial charge on any atom is -0.369 e. The molecule has 158 valence electrons. The van der Waals surface area contributed by atoms with E-state index in [2.05, 4.69) is 19.9 Å². The van der Waals surface area contributed by atoms with Crippen molar-refractivity contribution >= 4 is 38.3 Å². The monoisotopic (exact) mass is 437 g/mol. The Morgan fingerprint density at radius 2 is 1.48 bits per heavy atom. The maximum Gasteiger partial charge on any atom is 0.232 e. The van der Waals surface area contributed by atoms with Crippen molar-refractivity contribution in [1.29, 1.82) is 0 Å². The lowest BCUT2D eigenvalue weighted by molar-refractivity contribution is 0.0968. The molecule has 9 nitrogen and oxygen atoms in total. The van der Waals surface area contributed by atoms with E-state index in [0.717, 1.165) is 5.69 Å². The number of benzene rings is 1. The average Bonchev–Trinajstić information content (AvgIpc) is 2.75. The molecule has 0 amide bonds. The average molecular weight is 437 g/mol. The van der Waals surface area contributed by atoms with Crippen LogP contribution in [-0.2, 0) is 10.0 Å². The van der Waals surface area contributed by atoms with Gasteiger partial charge in [0.15, 0.2) is 0 Å². The van der Waals surface area contributed by atoms with Gasteiger partial charge < -0.3 is 4.90 Å². The second-order valence-electron chi connectivity index (χ2n) is 7.75. The van der Waals surface area contributed by atoms with Crippen molar-refractivity contribution in [3.63, 3.8) is 0 Å². The number of carbonyl (C=O) groups excluding carboxylic acids is 2. The Morgan fingerprint density at radius 1 is 0.806 bits per heavy atom.